The van der Waals surface area contributed by atoms with E-state index < -0.39 is 0 Å². The first-order valence-electron chi connectivity index (χ1n) is 8.31. The average molecular weight is 426 g/mol. The quantitative estimate of drug-likeness (QED) is 0.634. The predicted octanol–water partition coefficient (Wildman–Crippen LogP) is 4.73. The minimum Gasteiger partial charge on any atom is -0.349 e. The van der Waals surface area contributed by atoms with E-state index in [1.165, 1.54) is 23.5 Å². The van der Waals surface area contributed by atoms with Gasteiger partial charge in [0, 0.05) is 34.5 Å². The molecule has 142 valence electrons. The summed E-state index contributed by atoms with van der Waals surface area (Å²) in [6, 6.07) is 6.45. The predicted molar refractivity (Wildman–Crippen MR) is 110 cm³/mol. The fourth-order valence-electron chi connectivity index (χ4n) is 3.48. The molecule has 0 spiro atoms. The van der Waals surface area contributed by atoms with E-state index in [1.807, 2.05) is 27.6 Å². The van der Waals surface area contributed by atoms with Crippen molar-refractivity contribution in [2.24, 2.45) is 5.73 Å². The summed E-state index contributed by atoms with van der Waals surface area (Å²) in [7, 11) is 0. The fraction of sp³-hybridized carbons (Fsp3) is 0.211. The summed E-state index contributed by atoms with van der Waals surface area (Å²) in [5.41, 5.74) is 8.96. The van der Waals surface area contributed by atoms with Gasteiger partial charge in [-0.1, -0.05) is 11.6 Å². The zero-order chi connectivity index (χ0) is 18.3. The number of nitrogens with two attached hydrogens (primary N) is 1. The number of nitrogens with one attached hydrogen (secondary N) is 1. The largest absolute Gasteiger partial charge is 0.349 e. The van der Waals surface area contributed by atoms with Gasteiger partial charge in [-0.05, 0) is 53.6 Å². The van der Waals surface area contributed by atoms with Crippen LogP contribution in [-0.2, 0) is 0 Å². The van der Waals surface area contributed by atoms with E-state index in [0.29, 0.717) is 34.9 Å². The van der Waals surface area contributed by atoms with Gasteiger partial charge in [0.05, 0.1) is 6.04 Å². The monoisotopic (exact) mass is 425 g/mol. The number of thiophene rings is 1. The number of carbonyl (C=O) groups excluding carboxylic acids is 1. The Kier molecular flexibility index (Phi) is 5.91. The topological polar surface area (TPSA) is 60.0 Å². The van der Waals surface area contributed by atoms with Crippen LogP contribution in [0.15, 0.2) is 41.2 Å². The van der Waals surface area contributed by atoms with Gasteiger partial charge in [-0.3, -0.25) is 4.79 Å². The molecule has 0 radical (unpaired) electrons. The average Bonchev–Trinajstić information content (AvgIpc) is 3.27. The summed E-state index contributed by atoms with van der Waals surface area (Å²) >= 11 is 7.64. The third-order valence-electron chi connectivity index (χ3n) is 4.67. The Hall–Kier alpha value is -1.86. The molecule has 1 unspecified atom stereocenters. The third-order valence-corrected chi connectivity index (χ3v) is 5.59. The summed E-state index contributed by atoms with van der Waals surface area (Å²) in [6.45, 7) is 1.02. The molecule has 0 fully saturated rings. The lowest BCUT2D eigenvalue weighted by Crippen LogP contribution is -2.39. The number of rotatable bonds is 4. The van der Waals surface area contributed by atoms with E-state index in [1.54, 1.807) is 6.07 Å². The first kappa shape index (κ1) is 19.9. The van der Waals surface area contributed by atoms with Crippen molar-refractivity contribution in [2.45, 2.75) is 12.5 Å². The van der Waals surface area contributed by atoms with Gasteiger partial charge in [0.25, 0.3) is 5.91 Å². The van der Waals surface area contributed by atoms with Gasteiger partial charge < -0.3 is 15.6 Å². The first-order valence-corrected chi connectivity index (χ1v) is 9.63. The molecule has 0 bridgehead atoms. The number of fused-ring (bicyclic) bond motifs is 1. The van der Waals surface area contributed by atoms with Crippen molar-refractivity contribution in [1.82, 2.24) is 9.88 Å². The van der Waals surface area contributed by atoms with Crippen LogP contribution in [0.1, 0.15) is 23.0 Å². The van der Waals surface area contributed by atoms with E-state index in [-0.39, 0.29) is 30.2 Å². The van der Waals surface area contributed by atoms with E-state index in [9.17, 15) is 9.18 Å². The van der Waals surface area contributed by atoms with Gasteiger partial charge in [-0.2, -0.15) is 11.3 Å². The van der Waals surface area contributed by atoms with Gasteiger partial charge in [-0.25, -0.2) is 4.39 Å². The number of aromatic nitrogens is 1. The van der Waals surface area contributed by atoms with Gasteiger partial charge in [0.15, 0.2) is 0 Å². The number of carbonyl (C=O) groups is 1. The highest BCUT2D eigenvalue weighted by atomic mass is 35.5. The fourth-order valence-corrected chi connectivity index (χ4v) is 4.30. The molecule has 1 aliphatic rings. The molecule has 1 atom stereocenters. The van der Waals surface area contributed by atoms with Crippen LogP contribution in [0.5, 0.6) is 0 Å². The van der Waals surface area contributed by atoms with Crippen LogP contribution in [0.4, 0.5) is 4.39 Å². The summed E-state index contributed by atoms with van der Waals surface area (Å²) in [4.78, 5) is 12.7. The number of hydrogen-bond acceptors (Lipinski definition) is 3. The van der Waals surface area contributed by atoms with Crippen molar-refractivity contribution in [3.63, 3.8) is 0 Å². The molecule has 8 heteroatoms. The Morgan fingerprint density at radius 2 is 2.15 bits per heavy atom. The SMILES string of the molecule is Cl.NCCC1CNC(=O)c2c(-c3ccsc3)c(-c3cc(Cl)ccc3F)cn21. The molecule has 27 heavy (non-hydrogen) atoms. The van der Waals surface area contributed by atoms with Gasteiger partial charge >= 0.3 is 0 Å². The van der Waals surface area contributed by atoms with Crippen molar-refractivity contribution in [3.8, 4) is 22.3 Å². The Labute approximate surface area is 171 Å². The standard InChI is InChI=1S/C19H17ClFN3OS.ClH/c20-12-1-2-16(21)14(7-12)15-9-24-13(3-5-22)8-23-19(25)18(24)17(15)11-4-6-26-10-11;/h1-2,4,6-7,9-10,13H,3,5,8,22H2,(H,23,25);1H. The number of amides is 1. The smallest absolute Gasteiger partial charge is 0.268 e. The molecule has 1 amide bonds. The molecule has 4 nitrogen and oxygen atoms in total. The van der Waals surface area contributed by atoms with Crippen molar-refractivity contribution < 1.29 is 9.18 Å². The van der Waals surface area contributed by atoms with E-state index in [4.69, 9.17) is 17.3 Å². The molecule has 0 saturated carbocycles. The van der Waals surface area contributed by atoms with Crippen LogP contribution in [0, 0.1) is 5.82 Å². The number of nitrogens with zero attached hydrogens (tertiary/aromatic N) is 1. The zero-order valence-electron chi connectivity index (χ0n) is 14.2. The summed E-state index contributed by atoms with van der Waals surface area (Å²) < 4.78 is 16.5. The van der Waals surface area contributed by atoms with Crippen LogP contribution in [0.3, 0.4) is 0 Å². The second-order valence-corrected chi connectivity index (χ2v) is 7.47. The molecule has 3 aromatic rings. The molecule has 3 heterocycles. The lowest BCUT2D eigenvalue weighted by atomic mass is 9.97. The number of hydrogen-bond donors (Lipinski definition) is 2. The number of benzene rings is 1. The number of halogens is 3. The highest BCUT2D eigenvalue weighted by Crippen LogP contribution is 2.41. The van der Waals surface area contributed by atoms with Gasteiger partial charge in [0.1, 0.15) is 11.5 Å². The van der Waals surface area contributed by atoms with Crippen LogP contribution in [-0.4, -0.2) is 23.6 Å². The Morgan fingerprint density at radius 3 is 2.85 bits per heavy atom. The molecule has 0 aliphatic carbocycles. The zero-order valence-corrected chi connectivity index (χ0v) is 16.6. The lowest BCUT2D eigenvalue weighted by molar-refractivity contribution is 0.0914. The molecule has 0 saturated heterocycles. The summed E-state index contributed by atoms with van der Waals surface area (Å²) in [5, 5.41) is 7.28. The molecule has 1 aliphatic heterocycles. The minimum absolute atomic E-state index is 0. The molecular weight excluding hydrogens is 408 g/mol. The highest BCUT2D eigenvalue weighted by molar-refractivity contribution is 7.08. The lowest BCUT2D eigenvalue weighted by Gasteiger charge is -2.26. The molecule has 1 aromatic carbocycles. The Bertz CT molecular complexity index is 972. The molecule has 2 aromatic heterocycles. The Balaban J connectivity index is 0.00000210. The maximum Gasteiger partial charge on any atom is 0.268 e. The van der Waals surface area contributed by atoms with Crippen LogP contribution in [0.25, 0.3) is 22.3 Å². The van der Waals surface area contributed by atoms with Gasteiger partial charge in [-0.15, -0.1) is 12.4 Å². The van der Waals surface area contributed by atoms with E-state index in [2.05, 4.69) is 5.32 Å². The maximum absolute atomic E-state index is 14.6. The maximum atomic E-state index is 14.6. The summed E-state index contributed by atoms with van der Waals surface area (Å²) in [6.07, 6.45) is 2.58. The highest BCUT2D eigenvalue weighted by Gasteiger charge is 2.31. The third kappa shape index (κ3) is 3.50. The minimum atomic E-state index is -0.371. The molecule has 3 N–H and O–H groups in total. The van der Waals surface area contributed by atoms with E-state index in [0.717, 1.165) is 17.5 Å². The first-order chi connectivity index (χ1) is 12.6. The van der Waals surface area contributed by atoms with E-state index >= 15 is 0 Å². The van der Waals surface area contributed by atoms with Crippen molar-refractivity contribution in [2.75, 3.05) is 13.1 Å². The van der Waals surface area contributed by atoms with Gasteiger partial charge in [0.2, 0.25) is 0 Å². The van der Waals surface area contributed by atoms with Crippen molar-refractivity contribution in [3.05, 3.63) is 57.8 Å². The second kappa shape index (κ2) is 8.02. The molecular formula is C19H18Cl2FN3OS. The summed E-state index contributed by atoms with van der Waals surface area (Å²) in [5.74, 6) is -0.530. The van der Waals surface area contributed by atoms with Crippen molar-refractivity contribution >= 4 is 41.3 Å². The second-order valence-electron chi connectivity index (χ2n) is 6.25. The van der Waals surface area contributed by atoms with Crippen LogP contribution >= 0.6 is 35.3 Å². The van der Waals surface area contributed by atoms with Crippen LogP contribution < -0.4 is 11.1 Å². The van der Waals surface area contributed by atoms with Crippen LogP contribution in [0.2, 0.25) is 5.02 Å². The normalized spacial score (nSPS) is 15.8. The molecule has 4 rings (SSSR count). The van der Waals surface area contributed by atoms with Crippen molar-refractivity contribution in [1.29, 1.82) is 0 Å². The Morgan fingerprint density at radius 1 is 1.33 bits per heavy atom.